The molecule has 2 rings (SSSR count). The zero-order valence-corrected chi connectivity index (χ0v) is 12.4. The SMILES string of the molecule is CC(C)(C)c1nn(-c2ccccc2)c(N)c1I. The van der Waals surface area contributed by atoms with Crippen LogP contribution in [0.4, 0.5) is 5.82 Å². The second kappa shape index (κ2) is 4.33. The molecule has 1 aromatic heterocycles. The summed E-state index contributed by atoms with van der Waals surface area (Å²) in [5, 5.41) is 4.64. The minimum absolute atomic E-state index is 0.00464. The van der Waals surface area contributed by atoms with Crippen LogP contribution in [-0.2, 0) is 5.41 Å². The molecular weight excluding hydrogens is 325 g/mol. The monoisotopic (exact) mass is 341 g/mol. The number of para-hydroxylation sites is 1. The Balaban J connectivity index is 2.59. The van der Waals surface area contributed by atoms with Gasteiger partial charge in [0, 0.05) is 5.41 Å². The fourth-order valence-corrected chi connectivity index (χ4v) is 2.80. The lowest BCUT2D eigenvalue weighted by atomic mass is 9.92. The predicted octanol–water partition coefficient (Wildman–Crippen LogP) is 3.36. The zero-order valence-electron chi connectivity index (χ0n) is 10.2. The summed E-state index contributed by atoms with van der Waals surface area (Å²) in [6, 6.07) is 9.97. The van der Waals surface area contributed by atoms with E-state index in [0.29, 0.717) is 5.82 Å². The first-order chi connectivity index (χ1) is 7.91. The van der Waals surface area contributed by atoms with E-state index in [1.54, 1.807) is 0 Å². The van der Waals surface area contributed by atoms with Crippen LogP contribution < -0.4 is 5.73 Å². The Labute approximate surface area is 115 Å². The Morgan fingerprint density at radius 2 is 1.76 bits per heavy atom. The van der Waals surface area contributed by atoms with E-state index in [1.165, 1.54) is 0 Å². The number of hydrogen-bond acceptors (Lipinski definition) is 2. The third kappa shape index (κ3) is 2.31. The van der Waals surface area contributed by atoms with E-state index in [0.717, 1.165) is 15.0 Å². The standard InChI is InChI=1S/C13H16IN3/c1-13(2,3)11-10(14)12(15)17(16-11)9-7-5-4-6-8-9/h4-8H,15H2,1-3H3. The number of aromatic nitrogens is 2. The molecule has 0 bridgehead atoms. The van der Waals surface area contributed by atoms with E-state index < -0.39 is 0 Å². The number of nitrogens with two attached hydrogens (primary N) is 1. The van der Waals surface area contributed by atoms with Gasteiger partial charge in [-0.25, -0.2) is 4.68 Å². The maximum atomic E-state index is 6.13. The second-order valence-corrected chi connectivity index (χ2v) is 6.12. The van der Waals surface area contributed by atoms with Crippen LogP contribution in [0.1, 0.15) is 26.5 Å². The highest BCUT2D eigenvalue weighted by Gasteiger charge is 2.24. The summed E-state index contributed by atoms with van der Waals surface area (Å²) in [7, 11) is 0. The topological polar surface area (TPSA) is 43.8 Å². The van der Waals surface area contributed by atoms with Crippen molar-refractivity contribution >= 4 is 28.4 Å². The molecular formula is C13H16IN3. The highest BCUT2D eigenvalue weighted by molar-refractivity contribution is 14.1. The number of hydrogen-bond donors (Lipinski definition) is 1. The molecule has 0 radical (unpaired) electrons. The predicted molar refractivity (Wildman–Crippen MR) is 79.4 cm³/mol. The maximum absolute atomic E-state index is 6.13. The maximum Gasteiger partial charge on any atom is 0.141 e. The second-order valence-electron chi connectivity index (χ2n) is 5.05. The van der Waals surface area contributed by atoms with Crippen LogP contribution in [0.2, 0.25) is 0 Å². The minimum atomic E-state index is 0.00464. The van der Waals surface area contributed by atoms with Gasteiger partial charge in [0.1, 0.15) is 5.82 Å². The molecule has 0 atom stereocenters. The highest BCUT2D eigenvalue weighted by Crippen LogP contribution is 2.31. The van der Waals surface area contributed by atoms with Gasteiger partial charge in [0.15, 0.2) is 0 Å². The van der Waals surface area contributed by atoms with E-state index in [1.807, 2.05) is 35.0 Å². The van der Waals surface area contributed by atoms with E-state index in [4.69, 9.17) is 5.73 Å². The number of halogens is 1. The Kier molecular flexibility index (Phi) is 3.16. The lowest BCUT2D eigenvalue weighted by Crippen LogP contribution is -2.14. The molecule has 90 valence electrons. The number of benzene rings is 1. The molecule has 1 heterocycles. The molecule has 0 spiro atoms. The van der Waals surface area contributed by atoms with Crippen LogP contribution in [0.25, 0.3) is 5.69 Å². The average Bonchev–Trinajstić information content (AvgIpc) is 2.57. The molecule has 3 nitrogen and oxygen atoms in total. The highest BCUT2D eigenvalue weighted by atomic mass is 127. The first-order valence-corrected chi connectivity index (χ1v) is 6.59. The lowest BCUT2D eigenvalue weighted by Gasteiger charge is -2.15. The Hall–Kier alpha value is -1.04. The number of nitrogen functional groups attached to an aromatic ring is 1. The van der Waals surface area contributed by atoms with Gasteiger partial charge in [-0.15, -0.1) is 0 Å². The fraction of sp³-hybridized carbons (Fsp3) is 0.308. The van der Waals surface area contributed by atoms with Crippen molar-refractivity contribution < 1.29 is 0 Å². The van der Waals surface area contributed by atoms with Crippen LogP contribution in [0.5, 0.6) is 0 Å². The van der Waals surface area contributed by atoms with Gasteiger partial charge in [0.2, 0.25) is 0 Å². The largest absolute Gasteiger partial charge is 0.383 e. The van der Waals surface area contributed by atoms with Crippen molar-refractivity contribution in [1.29, 1.82) is 0 Å². The van der Waals surface area contributed by atoms with Gasteiger partial charge >= 0.3 is 0 Å². The molecule has 2 aromatic rings. The van der Waals surface area contributed by atoms with Gasteiger partial charge in [-0.2, -0.15) is 5.10 Å². The molecule has 4 heteroatoms. The van der Waals surface area contributed by atoms with Gasteiger partial charge in [-0.3, -0.25) is 0 Å². The van der Waals surface area contributed by atoms with Crippen molar-refractivity contribution in [2.45, 2.75) is 26.2 Å². The van der Waals surface area contributed by atoms with Crippen molar-refractivity contribution in [3.63, 3.8) is 0 Å². The summed E-state index contributed by atoms with van der Waals surface area (Å²) in [6.45, 7) is 6.44. The lowest BCUT2D eigenvalue weighted by molar-refractivity contribution is 0.557. The number of nitrogens with zero attached hydrogens (tertiary/aromatic N) is 2. The molecule has 0 aliphatic heterocycles. The Morgan fingerprint density at radius 1 is 1.18 bits per heavy atom. The fourth-order valence-electron chi connectivity index (χ4n) is 1.66. The van der Waals surface area contributed by atoms with Gasteiger partial charge in [0.05, 0.1) is 15.0 Å². The van der Waals surface area contributed by atoms with Gasteiger partial charge in [-0.1, -0.05) is 39.0 Å². The first-order valence-electron chi connectivity index (χ1n) is 5.51. The molecule has 2 N–H and O–H groups in total. The molecule has 0 aliphatic carbocycles. The first kappa shape index (κ1) is 12.4. The van der Waals surface area contributed by atoms with Crippen molar-refractivity contribution in [3.05, 3.63) is 39.6 Å². The van der Waals surface area contributed by atoms with E-state index >= 15 is 0 Å². The molecule has 0 amide bonds. The van der Waals surface area contributed by atoms with Crippen molar-refractivity contribution in [2.75, 3.05) is 5.73 Å². The van der Waals surface area contributed by atoms with Crippen LogP contribution in [0.3, 0.4) is 0 Å². The number of rotatable bonds is 1. The van der Waals surface area contributed by atoms with Crippen LogP contribution in [-0.4, -0.2) is 9.78 Å². The Morgan fingerprint density at radius 3 is 2.24 bits per heavy atom. The summed E-state index contributed by atoms with van der Waals surface area (Å²) >= 11 is 2.27. The normalized spacial score (nSPS) is 11.8. The number of anilines is 1. The summed E-state index contributed by atoms with van der Waals surface area (Å²) in [6.07, 6.45) is 0. The molecule has 0 saturated heterocycles. The van der Waals surface area contributed by atoms with Crippen molar-refractivity contribution in [1.82, 2.24) is 9.78 Å². The summed E-state index contributed by atoms with van der Waals surface area (Å²) in [4.78, 5) is 0. The smallest absolute Gasteiger partial charge is 0.141 e. The summed E-state index contributed by atoms with van der Waals surface area (Å²) < 4.78 is 2.85. The summed E-state index contributed by atoms with van der Waals surface area (Å²) in [5.41, 5.74) is 8.17. The molecule has 17 heavy (non-hydrogen) atoms. The van der Waals surface area contributed by atoms with Crippen molar-refractivity contribution in [2.24, 2.45) is 0 Å². The third-order valence-corrected chi connectivity index (χ3v) is 3.64. The summed E-state index contributed by atoms with van der Waals surface area (Å²) in [5.74, 6) is 0.710. The molecule has 0 aliphatic rings. The van der Waals surface area contributed by atoms with Gasteiger partial charge in [-0.05, 0) is 34.7 Å². The Bertz CT molecular complexity index is 524. The van der Waals surface area contributed by atoms with E-state index in [9.17, 15) is 0 Å². The van der Waals surface area contributed by atoms with E-state index in [2.05, 4.69) is 48.5 Å². The van der Waals surface area contributed by atoms with Crippen LogP contribution in [0, 0.1) is 3.57 Å². The molecule has 0 unspecified atom stereocenters. The van der Waals surface area contributed by atoms with Gasteiger partial charge in [0.25, 0.3) is 0 Å². The third-order valence-electron chi connectivity index (χ3n) is 2.57. The van der Waals surface area contributed by atoms with Crippen molar-refractivity contribution in [3.8, 4) is 5.69 Å². The van der Waals surface area contributed by atoms with Crippen LogP contribution in [0.15, 0.2) is 30.3 Å². The minimum Gasteiger partial charge on any atom is -0.383 e. The van der Waals surface area contributed by atoms with Gasteiger partial charge < -0.3 is 5.73 Å². The quantitative estimate of drug-likeness (QED) is 0.809. The zero-order chi connectivity index (χ0) is 12.6. The molecule has 0 fully saturated rings. The van der Waals surface area contributed by atoms with Crippen LogP contribution >= 0.6 is 22.6 Å². The van der Waals surface area contributed by atoms with E-state index in [-0.39, 0.29) is 5.41 Å². The molecule has 1 aromatic carbocycles. The average molecular weight is 341 g/mol. The molecule has 0 saturated carbocycles.